The maximum atomic E-state index is 16.2. The first-order chi connectivity index (χ1) is 32.3. The highest BCUT2D eigenvalue weighted by atomic mass is 19.1. The van der Waals surface area contributed by atoms with Gasteiger partial charge in [-0.25, -0.2) is 23.1 Å². The molecule has 4 fully saturated rings. The van der Waals surface area contributed by atoms with Crippen molar-refractivity contribution in [3.63, 3.8) is 0 Å². The Kier molecular flexibility index (Phi) is 8.47. The van der Waals surface area contributed by atoms with Crippen LogP contribution in [-0.4, -0.2) is 97.5 Å². The molecule has 9 heterocycles. The lowest BCUT2D eigenvalue weighted by Crippen LogP contribution is -2.63. The highest BCUT2D eigenvalue weighted by molar-refractivity contribution is 6.00. The maximum absolute atomic E-state index is 16.2. The van der Waals surface area contributed by atoms with E-state index >= 15 is 13.6 Å². The average molecular weight is 908 g/mol. The summed E-state index contributed by atoms with van der Waals surface area (Å²) in [4.78, 5) is 50.0. The van der Waals surface area contributed by atoms with Crippen molar-refractivity contribution in [1.29, 1.82) is 0 Å². The number of aryl methyl sites for hydroxylation is 3. The van der Waals surface area contributed by atoms with Gasteiger partial charge in [0, 0.05) is 68.1 Å². The summed E-state index contributed by atoms with van der Waals surface area (Å²) < 4.78 is 50.8. The molecule has 18 heteroatoms. The lowest BCUT2D eigenvalue weighted by Gasteiger charge is -2.52. The molecule has 342 valence electrons. The number of rotatable bonds is 7. The second-order valence-electron chi connectivity index (χ2n) is 19.6. The van der Waals surface area contributed by atoms with Crippen LogP contribution in [0.2, 0.25) is 0 Å². The van der Waals surface area contributed by atoms with Crippen LogP contribution in [-0.2, 0) is 23.7 Å². The monoisotopic (exact) mass is 907 g/mol. The number of likely N-dealkylation sites (tertiary alicyclic amines) is 1. The standard InChI is InChI=1S/C49H47F2N11O5/c1-26-17-32(18-27(2)41(26)50)62-43(59-15-14-58(47(59)65)38-10-9-36-33(42(38)51)23-52-57(36)4)40-34(54-62)21-31-6-8-37(40)60(31)44(63)39-20-30-19-28(29-11-16-66-48(22-29)24-56(3)25-48)5-7-35(30)61(39)49(12-13-49)45-53-46(64)67-55-45/h5,7,9-10,14-15,17-20,23,29,31,37H,6,8,11-13,16,21-22,24-25H2,1-4H3,(H,53,55,64)/t29?,31-,37+/m1/s1. The van der Waals surface area contributed by atoms with Crippen LogP contribution in [0.25, 0.3) is 39.0 Å². The van der Waals surface area contributed by atoms with Crippen molar-refractivity contribution in [2.24, 2.45) is 7.05 Å². The van der Waals surface area contributed by atoms with Crippen LogP contribution < -0.4 is 11.4 Å². The van der Waals surface area contributed by atoms with Crippen LogP contribution in [0.1, 0.15) is 94.7 Å². The van der Waals surface area contributed by atoms with E-state index in [-0.39, 0.29) is 34.4 Å². The number of likely N-dealkylation sites (N-methyl/N-ethyl adjacent to an activating group) is 1. The molecule has 1 amide bonds. The van der Waals surface area contributed by atoms with Gasteiger partial charge in [-0.3, -0.25) is 28.1 Å². The second-order valence-corrected chi connectivity index (χ2v) is 19.6. The van der Waals surface area contributed by atoms with Crippen molar-refractivity contribution in [2.45, 2.75) is 87.9 Å². The maximum Gasteiger partial charge on any atom is 0.438 e. The number of H-pyrrole nitrogens is 1. The number of hydrogen-bond donors (Lipinski definition) is 1. The number of aromatic nitrogens is 9. The van der Waals surface area contributed by atoms with Gasteiger partial charge in [0.15, 0.2) is 11.6 Å². The SMILES string of the molecule is Cc1cc(-n2nc3c(c2-n2ccn(-c4ccc5c(cnn5C)c4F)c2=O)[C@@H]2CC[C@H](C3)N2C(=O)c2cc3cc(C4CCOC5(C4)CN(C)C5)ccc3n2C2(c3noc(=O)[nH]3)CC2)cc(C)c1F. The summed E-state index contributed by atoms with van der Waals surface area (Å²) in [6.07, 6.45) is 9.35. The van der Waals surface area contributed by atoms with Crippen LogP contribution in [0, 0.1) is 25.5 Å². The quantitative estimate of drug-likeness (QED) is 0.195. The lowest BCUT2D eigenvalue weighted by molar-refractivity contribution is -0.163. The minimum Gasteiger partial charge on any atom is -0.372 e. The predicted octanol–water partition coefficient (Wildman–Crippen LogP) is 6.24. The molecule has 1 aliphatic carbocycles. The molecule has 13 rings (SSSR count). The van der Waals surface area contributed by atoms with E-state index < -0.39 is 28.8 Å². The summed E-state index contributed by atoms with van der Waals surface area (Å²) in [7, 11) is 3.84. The van der Waals surface area contributed by atoms with Crippen molar-refractivity contribution >= 4 is 27.7 Å². The molecule has 1 N–H and O–H groups in total. The van der Waals surface area contributed by atoms with Gasteiger partial charge in [0.25, 0.3) is 5.91 Å². The predicted molar refractivity (Wildman–Crippen MR) is 241 cm³/mol. The summed E-state index contributed by atoms with van der Waals surface area (Å²) >= 11 is 0. The Bertz CT molecular complexity index is 3490. The zero-order valence-electron chi connectivity index (χ0n) is 37.4. The minimum absolute atomic E-state index is 0.0563. The topological polar surface area (TPSA) is 159 Å². The molecule has 2 bridgehead atoms. The molecule has 67 heavy (non-hydrogen) atoms. The minimum atomic E-state index is -0.807. The number of halogens is 2. The number of nitrogens with zero attached hydrogens (tertiary/aromatic N) is 10. The number of carbonyl (C=O) groups excluding carboxylic acids is 1. The van der Waals surface area contributed by atoms with Crippen molar-refractivity contribution < 1.29 is 22.8 Å². The summed E-state index contributed by atoms with van der Waals surface area (Å²) in [5.74, 6) is -0.723. The van der Waals surface area contributed by atoms with Crippen molar-refractivity contribution in [2.75, 3.05) is 26.7 Å². The molecule has 0 radical (unpaired) electrons. The third kappa shape index (κ3) is 5.81. The number of benzene rings is 3. The summed E-state index contributed by atoms with van der Waals surface area (Å²) in [6, 6.07) is 14.4. The molecular weight excluding hydrogens is 861 g/mol. The summed E-state index contributed by atoms with van der Waals surface area (Å²) in [6.45, 7) is 5.88. The van der Waals surface area contributed by atoms with Crippen LogP contribution in [0.5, 0.6) is 0 Å². The number of imidazole rings is 1. The second kappa shape index (κ2) is 14.1. The van der Waals surface area contributed by atoms with E-state index in [0.717, 1.165) is 42.5 Å². The van der Waals surface area contributed by atoms with Crippen molar-refractivity contribution in [1.82, 2.24) is 53.2 Å². The Hall–Kier alpha value is -6.92. The van der Waals surface area contributed by atoms with Crippen molar-refractivity contribution in [3.05, 3.63) is 139 Å². The van der Waals surface area contributed by atoms with E-state index in [1.54, 1.807) is 60.7 Å². The molecule has 3 aromatic carbocycles. The molecule has 8 aromatic rings. The Balaban J connectivity index is 0.952. The smallest absolute Gasteiger partial charge is 0.372 e. The molecule has 3 saturated heterocycles. The zero-order chi connectivity index (χ0) is 45.8. The normalized spacial score (nSPS) is 21.7. The largest absolute Gasteiger partial charge is 0.438 e. The molecular formula is C49H47F2N11O5. The van der Waals surface area contributed by atoms with Gasteiger partial charge in [-0.2, -0.15) is 10.2 Å². The fourth-order valence-corrected chi connectivity index (χ4v) is 12.2. The summed E-state index contributed by atoms with van der Waals surface area (Å²) in [5.41, 5.74) is 4.45. The van der Waals surface area contributed by atoms with Gasteiger partial charge in [-0.15, -0.1) is 0 Å². The van der Waals surface area contributed by atoms with E-state index in [1.165, 1.54) is 27.1 Å². The Morgan fingerprint density at radius 3 is 2.43 bits per heavy atom. The molecule has 1 saturated carbocycles. The van der Waals surface area contributed by atoms with Gasteiger partial charge in [-0.05, 0) is 124 Å². The molecule has 5 aliphatic rings. The van der Waals surface area contributed by atoms with Crippen LogP contribution in [0.3, 0.4) is 0 Å². The van der Waals surface area contributed by atoms with Crippen LogP contribution in [0.4, 0.5) is 8.78 Å². The molecule has 5 aromatic heterocycles. The fourth-order valence-electron chi connectivity index (χ4n) is 12.2. The van der Waals surface area contributed by atoms with E-state index in [0.29, 0.717) is 89.9 Å². The third-order valence-electron chi connectivity index (χ3n) is 15.4. The lowest BCUT2D eigenvalue weighted by atomic mass is 9.78. The molecule has 1 unspecified atom stereocenters. The zero-order valence-corrected chi connectivity index (χ0v) is 37.4. The third-order valence-corrected chi connectivity index (χ3v) is 15.4. The van der Waals surface area contributed by atoms with Gasteiger partial charge in [0.2, 0.25) is 0 Å². The Labute approximate surface area is 380 Å². The van der Waals surface area contributed by atoms with Crippen molar-refractivity contribution in [3.8, 4) is 17.2 Å². The number of hydrogen-bond acceptors (Lipinski definition) is 9. The van der Waals surface area contributed by atoms with E-state index in [4.69, 9.17) is 14.4 Å². The van der Waals surface area contributed by atoms with Gasteiger partial charge < -0.3 is 19.1 Å². The van der Waals surface area contributed by atoms with E-state index in [9.17, 15) is 9.59 Å². The first-order valence-electron chi connectivity index (χ1n) is 23.0. The molecule has 4 aliphatic heterocycles. The van der Waals surface area contributed by atoms with Gasteiger partial charge in [0.05, 0.1) is 45.8 Å². The Morgan fingerprint density at radius 1 is 0.910 bits per heavy atom. The number of carbonyl (C=O) groups is 1. The highest BCUT2D eigenvalue weighted by Crippen LogP contribution is 2.53. The molecule has 16 nitrogen and oxygen atoms in total. The first-order valence-corrected chi connectivity index (χ1v) is 23.0. The van der Waals surface area contributed by atoms with Gasteiger partial charge in [0.1, 0.15) is 22.9 Å². The number of aromatic amines is 1. The highest BCUT2D eigenvalue weighted by Gasteiger charge is 2.54. The van der Waals surface area contributed by atoms with Crippen LogP contribution >= 0.6 is 0 Å². The first kappa shape index (κ1) is 40.4. The number of amides is 1. The number of nitrogens with one attached hydrogen (secondary N) is 1. The fraction of sp³-hybridized carbons (Fsp3) is 0.388. The molecule has 3 atom stereocenters. The van der Waals surface area contributed by atoms with Crippen LogP contribution in [0.15, 0.2) is 81.2 Å². The van der Waals surface area contributed by atoms with Gasteiger partial charge in [-0.1, -0.05) is 11.2 Å². The Morgan fingerprint density at radius 2 is 1.69 bits per heavy atom. The molecule has 1 spiro atoms. The van der Waals surface area contributed by atoms with E-state index in [2.05, 4.69) is 50.0 Å². The summed E-state index contributed by atoms with van der Waals surface area (Å²) in [5, 5.41) is 14.7. The number of fused-ring (bicyclic) bond motifs is 6. The van der Waals surface area contributed by atoms with Gasteiger partial charge >= 0.3 is 11.4 Å². The number of ether oxygens (including phenoxy) is 1. The average Bonchev–Trinajstić information content (AvgIpc) is 3.88. The van der Waals surface area contributed by atoms with E-state index in [1.807, 2.05) is 11.0 Å².